The van der Waals surface area contributed by atoms with Crippen LogP contribution in [0.3, 0.4) is 0 Å². The number of rotatable bonds is 9. The minimum Gasteiger partial charge on any atom is -0.494 e. The molecular weight excluding hydrogens is 362 g/mol. The Labute approximate surface area is 163 Å². The molecule has 2 aromatic rings. The van der Waals surface area contributed by atoms with Crippen LogP contribution in [0.25, 0.3) is 0 Å². The quantitative estimate of drug-likeness (QED) is 0.526. The fourth-order valence-corrected chi connectivity index (χ4v) is 3.19. The Kier molecular flexibility index (Phi) is 6.76. The molecule has 3 rings (SSSR count). The van der Waals surface area contributed by atoms with Crippen LogP contribution in [0.1, 0.15) is 31.4 Å². The summed E-state index contributed by atoms with van der Waals surface area (Å²) in [6, 6.07) is 16.9. The van der Waals surface area contributed by atoms with E-state index < -0.39 is 12.1 Å². The fraction of sp³-hybridized carbons (Fsp3) is 0.333. The van der Waals surface area contributed by atoms with Crippen molar-refractivity contribution in [1.29, 1.82) is 0 Å². The fourth-order valence-electron chi connectivity index (χ4n) is 2.51. The molecule has 27 heavy (non-hydrogen) atoms. The summed E-state index contributed by atoms with van der Waals surface area (Å²) in [5.74, 6) is 0.246. The van der Waals surface area contributed by atoms with E-state index in [1.54, 1.807) is 12.1 Å². The van der Waals surface area contributed by atoms with Gasteiger partial charge >= 0.3 is 5.97 Å². The van der Waals surface area contributed by atoms with Crippen molar-refractivity contribution in [3.05, 3.63) is 60.2 Å². The van der Waals surface area contributed by atoms with Crippen molar-refractivity contribution in [3.63, 3.8) is 0 Å². The molecule has 0 radical (unpaired) electrons. The van der Waals surface area contributed by atoms with E-state index >= 15 is 0 Å². The van der Waals surface area contributed by atoms with Crippen LogP contribution in [0, 0.1) is 0 Å². The number of carbonyl (C=O) groups is 2. The first-order valence-corrected chi connectivity index (χ1v) is 10.0. The van der Waals surface area contributed by atoms with E-state index in [0.29, 0.717) is 12.2 Å². The number of nitrogens with one attached hydrogen (secondary N) is 1. The third-order valence-electron chi connectivity index (χ3n) is 4.00. The van der Waals surface area contributed by atoms with E-state index in [-0.39, 0.29) is 17.7 Å². The molecule has 1 aliphatic rings. The molecule has 1 amide bonds. The number of amides is 1. The lowest BCUT2D eigenvalue weighted by molar-refractivity contribution is -0.154. The summed E-state index contributed by atoms with van der Waals surface area (Å²) in [7, 11) is 0. The molecule has 5 nitrogen and oxygen atoms in total. The predicted molar refractivity (Wildman–Crippen MR) is 105 cm³/mol. The molecule has 1 saturated carbocycles. The summed E-state index contributed by atoms with van der Waals surface area (Å²) in [6.07, 6.45) is 1.05. The second-order valence-electron chi connectivity index (χ2n) is 6.26. The van der Waals surface area contributed by atoms with Gasteiger partial charge in [0, 0.05) is 16.5 Å². The van der Waals surface area contributed by atoms with Gasteiger partial charge in [-0.15, -0.1) is 11.8 Å². The normalized spacial score (nSPS) is 14.3. The summed E-state index contributed by atoms with van der Waals surface area (Å²) in [4.78, 5) is 25.8. The van der Waals surface area contributed by atoms with E-state index in [9.17, 15) is 9.59 Å². The lowest BCUT2D eigenvalue weighted by Gasteiger charge is -2.18. The van der Waals surface area contributed by atoms with E-state index in [4.69, 9.17) is 9.47 Å². The van der Waals surface area contributed by atoms with Gasteiger partial charge in [0.05, 0.1) is 12.4 Å². The highest BCUT2D eigenvalue weighted by Gasteiger charge is 2.30. The molecule has 2 aromatic carbocycles. The maximum Gasteiger partial charge on any atom is 0.317 e. The topological polar surface area (TPSA) is 64.6 Å². The third kappa shape index (κ3) is 6.03. The Morgan fingerprint density at radius 3 is 2.44 bits per heavy atom. The molecule has 0 saturated heterocycles. The number of hydrogen-bond donors (Lipinski definition) is 1. The summed E-state index contributed by atoms with van der Waals surface area (Å²) < 4.78 is 10.9. The van der Waals surface area contributed by atoms with E-state index in [1.807, 2.05) is 49.4 Å². The van der Waals surface area contributed by atoms with Crippen molar-refractivity contribution in [1.82, 2.24) is 5.32 Å². The predicted octanol–water partition coefficient (Wildman–Crippen LogP) is 3.74. The van der Waals surface area contributed by atoms with Gasteiger partial charge in [-0.05, 0) is 44.0 Å². The van der Waals surface area contributed by atoms with Crippen LogP contribution in [0.2, 0.25) is 0 Å². The van der Waals surface area contributed by atoms with Crippen LogP contribution in [-0.2, 0) is 14.3 Å². The molecule has 1 aliphatic carbocycles. The van der Waals surface area contributed by atoms with Crippen molar-refractivity contribution in [2.45, 2.75) is 36.8 Å². The lowest BCUT2D eigenvalue weighted by atomic mass is 10.1. The van der Waals surface area contributed by atoms with Gasteiger partial charge in [-0.1, -0.05) is 30.3 Å². The average molecular weight is 385 g/mol. The van der Waals surface area contributed by atoms with Crippen molar-refractivity contribution >= 4 is 23.6 Å². The SMILES string of the molecule is CCOc1ccc(SCC(=O)O[C@@H](C(=O)NC2CC2)c2ccccc2)cc1. The van der Waals surface area contributed by atoms with Gasteiger partial charge in [-0.2, -0.15) is 0 Å². The van der Waals surface area contributed by atoms with Gasteiger partial charge in [-0.3, -0.25) is 9.59 Å². The molecule has 0 spiro atoms. The Bertz CT molecular complexity index is 760. The molecule has 6 heteroatoms. The maximum atomic E-state index is 12.5. The maximum absolute atomic E-state index is 12.5. The van der Waals surface area contributed by atoms with Gasteiger partial charge in [-0.25, -0.2) is 0 Å². The van der Waals surface area contributed by atoms with Crippen LogP contribution in [0.4, 0.5) is 0 Å². The zero-order chi connectivity index (χ0) is 19.1. The molecule has 0 aliphatic heterocycles. The summed E-state index contributed by atoms with van der Waals surface area (Å²) >= 11 is 1.37. The van der Waals surface area contributed by atoms with Crippen LogP contribution in [0.15, 0.2) is 59.5 Å². The first kappa shape index (κ1) is 19.3. The number of ether oxygens (including phenoxy) is 2. The lowest BCUT2D eigenvalue weighted by Crippen LogP contribution is -2.33. The molecule has 1 fully saturated rings. The second kappa shape index (κ2) is 9.46. The van der Waals surface area contributed by atoms with Gasteiger partial charge in [0.2, 0.25) is 6.10 Å². The summed E-state index contributed by atoms with van der Waals surface area (Å²) in [5.41, 5.74) is 0.676. The molecule has 0 bridgehead atoms. The largest absolute Gasteiger partial charge is 0.494 e. The van der Waals surface area contributed by atoms with Crippen molar-refractivity contribution in [3.8, 4) is 5.75 Å². The number of benzene rings is 2. The van der Waals surface area contributed by atoms with E-state index in [2.05, 4.69) is 5.32 Å². The van der Waals surface area contributed by atoms with Gasteiger partial charge < -0.3 is 14.8 Å². The van der Waals surface area contributed by atoms with Crippen LogP contribution < -0.4 is 10.1 Å². The minimum atomic E-state index is -0.916. The van der Waals surface area contributed by atoms with Crippen LogP contribution >= 0.6 is 11.8 Å². The third-order valence-corrected chi connectivity index (χ3v) is 4.99. The van der Waals surface area contributed by atoms with Crippen molar-refractivity contribution in [2.24, 2.45) is 0 Å². The highest BCUT2D eigenvalue weighted by Crippen LogP contribution is 2.25. The molecule has 0 heterocycles. The van der Waals surface area contributed by atoms with Gasteiger partial charge in [0.1, 0.15) is 5.75 Å². The summed E-state index contributed by atoms with van der Waals surface area (Å²) in [6.45, 7) is 2.55. The number of thioether (sulfide) groups is 1. The zero-order valence-electron chi connectivity index (χ0n) is 15.2. The Hall–Kier alpha value is -2.47. The highest BCUT2D eigenvalue weighted by atomic mass is 32.2. The number of carbonyl (C=O) groups excluding carboxylic acids is 2. The number of hydrogen-bond acceptors (Lipinski definition) is 5. The molecule has 1 atom stereocenters. The summed E-state index contributed by atoms with van der Waals surface area (Å²) in [5, 5.41) is 2.91. The number of esters is 1. The van der Waals surface area contributed by atoms with Crippen LogP contribution in [0.5, 0.6) is 5.75 Å². The molecule has 0 aromatic heterocycles. The molecule has 0 unspecified atom stereocenters. The Balaban J connectivity index is 1.57. The zero-order valence-corrected chi connectivity index (χ0v) is 16.0. The van der Waals surface area contributed by atoms with Crippen LogP contribution in [-0.4, -0.2) is 30.3 Å². The Morgan fingerprint density at radius 2 is 1.81 bits per heavy atom. The molecular formula is C21H23NO4S. The second-order valence-corrected chi connectivity index (χ2v) is 7.31. The first-order valence-electron chi connectivity index (χ1n) is 9.06. The minimum absolute atomic E-state index is 0.133. The monoisotopic (exact) mass is 385 g/mol. The van der Waals surface area contributed by atoms with Crippen molar-refractivity contribution in [2.75, 3.05) is 12.4 Å². The van der Waals surface area contributed by atoms with E-state index in [1.165, 1.54) is 11.8 Å². The smallest absolute Gasteiger partial charge is 0.317 e. The Morgan fingerprint density at radius 1 is 1.11 bits per heavy atom. The average Bonchev–Trinajstić information content (AvgIpc) is 3.50. The van der Waals surface area contributed by atoms with Gasteiger partial charge in [0.25, 0.3) is 5.91 Å². The van der Waals surface area contributed by atoms with Gasteiger partial charge in [0.15, 0.2) is 0 Å². The molecule has 1 N–H and O–H groups in total. The standard InChI is InChI=1S/C21H23NO4S/c1-2-25-17-10-12-18(13-11-17)27-14-19(23)26-20(15-6-4-3-5-7-15)21(24)22-16-8-9-16/h3-7,10-13,16,20H,2,8-9,14H2,1H3,(H,22,24)/t20-/m1/s1. The highest BCUT2D eigenvalue weighted by molar-refractivity contribution is 8.00. The first-order chi connectivity index (χ1) is 13.2. The van der Waals surface area contributed by atoms with Crippen molar-refractivity contribution < 1.29 is 19.1 Å². The molecule has 142 valence electrons. The van der Waals surface area contributed by atoms with E-state index in [0.717, 1.165) is 23.5 Å².